The van der Waals surface area contributed by atoms with E-state index in [0.29, 0.717) is 30.1 Å². The Labute approximate surface area is 219 Å². The number of carbonyl (C=O) groups is 1. The summed E-state index contributed by atoms with van der Waals surface area (Å²) in [5.41, 5.74) is 8.67. The summed E-state index contributed by atoms with van der Waals surface area (Å²) in [5.74, 6) is -0.0230. The van der Waals surface area contributed by atoms with E-state index in [1.54, 1.807) is 0 Å². The molecule has 0 spiro atoms. The van der Waals surface area contributed by atoms with Crippen LogP contribution in [-0.2, 0) is 22.7 Å². The van der Waals surface area contributed by atoms with Crippen LogP contribution >= 0.6 is 22.6 Å². The summed E-state index contributed by atoms with van der Waals surface area (Å²) in [6.07, 6.45) is -0.833. The van der Waals surface area contributed by atoms with Crippen molar-refractivity contribution in [1.82, 2.24) is 19.5 Å². The van der Waals surface area contributed by atoms with Gasteiger partial charge in [-0.1, -0.05) is 30.3 Å². The number of aliphatic hydroxyl groups is 1. The average Bonchev–Trinajstić information content (AvgIpc) is 3.44. The zero-order chi connectivity index (χ0) is 25.2. The third-order valence-electron chi connectivity index (χ3n) is 5.90. The van der Waals surface area contributed by atoms with E-state index in [1.807, 2.05) is 48.5 Å². The number of carboxylic acids is 1. The highest BCUT2D eigenvalue weighted by Crippen LogP contribution is 2.32. The Morgan fingerprint density at radius 2 is 2.00 bits per heavy atom. The highest BCUT2D eigenvalue weighted by Gasteiger charge is 2.46. The van der Waals surface area contributed by atoms with E-state index in [2.05, 4.69) is 42.9 Å². The van der Waals surface area contributed by atoms with Crippen LogP contribution in [0.15, 0.2) is 61.2 Å². The van der Waals surface area contributed by atoms with Gasteiger partial charge in [-0.15, -0.1) is 0 Å². The van der Waals surface area contributed by atoms with Crippen molar-refractivity contribution >= 4 is 45.5 Å². The van der Waals surface area contributed by atoms with Gasteiger partial charge in [0.1, 0.15) is 24.8 Å². The first-order valence-corrected chi connectivity index (χ1v) is 12.2. The lowest BCUT2D eigenvalue weighted by atomic mass is 10.1. The second-order valence-corrected chi connectivity index (χ2v) is 9.53. The Hall–Kier alpha value is -3.33. The summed E-state index contributed by atoms with van der Waals surface area (Å²) in [6, 6.07) is 14.8. The van der Waals surface area contributed by atoms with Crippen LogP contribution in [0.5, 0.6) is 5.75 Å². The summed E-state index contributed by atoms with van der Waals surface area (Å²) in [7, 11) is 0. The Kier molecular flexibility index (Phi) is 7.00. The fourth-order valence-electron chi connectivity index (χ4n) is 4.05. The largest absolute Gasteiger partial charge is 0.489 e. The Balaban J connectivity index is 1.36. The number of ether oxygens (including phenoxy) is 2. The number of anilines is 1. The molecule has 4 unspecified atom stereocenters. The van der Waals surface area contributed by atoms with Gasteiger partial charge in [0, 0.05) is 15.7 Å². The minimum absolute atomic E-state index is 0.373. The van der Waals surface area contributed by atoms with Crippen molar-refractivity contribution in [2.45, 2.75) is 37.6 Å². The van der Waals surface area contributed by atoms with Crippen LogP contribution in [0.2, 0.25) is 0 Å². The zero-order valence-corrected chi connectivity index (χ0v) is 21.0. The lowest BCUT2D eigenvalue weighted by Crippen LogP contribution is -2.43. The standard InChI is InChI=1S/C24H23IN6O5/c25-15-6-7-16(35-10-13-4-2-1-3-5-13)14(8-15)9-27-21-18-22(29-11-28-21)31(12-30-18)23-19(32)17(26)20(36-23)24(33)34/h1-8,11-12,17,19-20,23,32H,9-10,26H2,(H,33,34)(H,27,28,29). The number of nitrogens with two attached hydrogens (primary N) is 1. The highest BCUT2D eigenvalue weighted by atomic mass is 127. The van der Waals surface area contributed by atoms with E-state index in [-0.39, 0.29) is 0 Å². The zero-order valence-electron chi connectivity index (χ0n) is 18.9. The minimum Gasteiger partial charge on any atom is -0.489 e. The molecule has 0 aliphatic carbocycles. The topological polar surface area (TPSA) is 158 Å². The van der Waals surface area contributed by atoms with Crippen LogP contribution in [0.25, 0.3) is 11.2 Å². The molecule has 5 rings (SSSR count). The molecule has 4 atom stereocenters. The van der Waals surface area contributed by atoms with Crippen molar-refractivity contribution < 1.29 is 24.5 Å². The molecule has 0 bridgehead atoms. The maximum atomic E-state index is 11.4. The van der Waals surface area contributed by atoms with E-state index in [1.165, 1.54) is 17.2 Å². The fraction of sp³-hybridized carbons (Fsp3) is 0.250. The molecule has 36 heavy (non-hydrogen) atoms. The van der Waals surface area contributed by atoms with Gasteiger partial charge in [-0.2, -0.15) is 0 Å². The van der Waals surface area contributed by atoms with Crippen molar-refractivity contribution in [3.8, 4) is 5.75 Å². The van der Waals surface area contributed by atoms with E-state index < -0.39 is 30.4 Å². The molecule has 2 aromatic carbocycles. The Bertz CT molecular complexity index is 1380. The number of nitrogens with one attached hydrogen (secondary N) is 1. The van der Waals surface area contributed by atoms with Gasteiger partial charge in [0.05, 0.1) is 12.4 Å². The number of aromatic nitrogens is 4. The molecular formula is C24H23IN6O5. The average molecular weight is 602 g/mol. The second-order valence-electron chi connectivity index (χ2n) is 8.28. The summed E-state index contributed by atoms with van der Waals surface area (Å²) in [4.78, 5) is 24.4. The number of hydrogen-bond donors (Lipinski definition) is 4. The van der Waals surface area contributed by atoms with Crippen molar-refractivity contribution in [3.05, 3.63) is 75.9 Å². The molecule has 4 aromatic rings. The molecule has 0 radical (unpaired) electrons. The number of aliphatic carboxylic acids is 1. The maximum absolute atomic E-state index is 11.4. The SMILES string of the molecule is NC1C(C(=O)O)OC(n2cnc3c(NCc4cc(I)ccc4OCc4ccccc4)ncnc32)C1O. The summed E-state index contributed by atoms with van der Waals surface area (Å²) >= 11 is 2.25. The number of carboxylic acid groups (broad SMARTS) is 1. The van der Waals surface area contributed by atoms with Crippen LogP contribution in [-0.4, -0.2) is 54.0 Å². The molecule has 1 saturated heterocycles. The van der Waals surface area contributed by atoms with E-state index >= 15 is 0 Å². The van der Waals surface area contributed by atoms with Gasteiger partial charge in [0.2, 0.25) is 0 Å². The van der Waals surface area contributed by atoms with E-state index in [0.717, 1.165) is 20.4 Å². The van der Waals surface area contributed by atoms with E-state index in [4.69, 9.17) is 15.2 Å². The number of nitrogens with zero attached hydrogens (tertiary/aromatic N) is 4. The minimum atomic E-state index is -1.34. The van der Waals surface area contributed by atoms with Gasteiger partial charge in [-0.25, -0.2) is 19.7 Å². The third kappa shape index (κ3) is 4.84. The van der Waals surface area contributed by atoms with Crippen molar-refractivity contribution in [3.63, 3.8) is 0 Å². The summed E-state index contributed by atoms with van der Waals surface area (Å²) in [6.45, 7) is 0.855. The van der Waals surface area contributed by atoms with Gasteiger partial charge in [0.25, 0.3) is 0 Å². The first-order chi connectivity index (χ1) is 17.4. The molecule has 5 N–H and O–H groups in total. The molecule has 3 heterocycles. The molecule has 0 amide bonds. The van der Waals surface area contributed by atoms with Gasteiger partial charge in [-0.05, 0) is 46.4 Å². The highest BCUT2D eigenvalue weighted by molar-refractivity contribution is 14.1. The van der Waals surface area contributed by atoms with Crippen LogP contribution in [0.3, 0.4) is 0 Å². The number of halogens is 1. The Morgan fingerprint density at radius 1 is 1.19 bits per heavy atom. The first-order valence-electron chi connectivity index (χ1n) is 11.1. The molecule has 2 aromatic heterocycles. The number of benzene rings is 2. The van der Waals surface area contributed by atoms with Gasteiger partial charge in [-0.3, -0.25) is 4.57 Å². The molecule has 1 aliphatic rings. The second kappa shape index (κ2) is 10.3. The number of imidazole rings is 1. The van der Waals surface area contributed by atoms with Crippen LogP contribution in [0.4, 0.5) is 5.82 Å². The predicted octanol–water partition coefficient (Wildman–Crippen LogP) is 2.29. The first kappa shape index (κ1) is 24.4. The third-order valence-corrected chi connectivity index (χ3v) is 6.58. The number of fused-ring (bicyclic) bond motifs is 1. The monoisotopic (exact) mass is 602 g/mol. The summed E-state index contributed by atoms with van der Waals surface area (Å²) in [5, 5.41) is 23.1. The smallest absolute Gasteiger partial charge is 0.334 e. The summed E-state index contributed by atoms with van der Waals surface area (Å²) < 4.78 is 14.1. The van der Waals surface area contributed by atoms with E-state index in [9.17, 15) is 15.0 Å². The number of aliphatic hydroxyl groups excluding tert-OH is 1. The number of hydrogen-bond acceptors (Lipinski definition) is 9. The molecule has 0 saturated carbocycles. The molecule has 12 heteroatoms. The molecule has 11 nitrogen and oxygen atoms in total. The molecule has 1 fully saturated rings. The molecule has 1 aliphatic heterocycles. The molecule has 186 valence electrons. The van der Waals surface area contributed by atoms with Crippen LogP contribution < -0.4 is 15.8 Å². The predicted molar refractivity (Wildman–Crippen MR) is 138 cm³/mol. The quantitative estimate of drug-likeness (QED) is 0.221. The lowest BCUT2D eigenvalue weighted by molar-refractivity contribution is -0.152. The normalized spacial score (nSPS) is 21.5. The van der Waals surface area contributed by atoms with Crippen LogP contribution in [0, 0.1) is 3.57 Å². The van der Waals surface area contributed by atoms with Crippen molar-refractivity contribution in [2.75, 3.05) is 5.32 Å². The van der Waals surface area contributed by atoms with Crippen LogP contribution in [0.1, 0.15) is 17.4 Å². The van der Waals surface area contributed by atoms with Gasteiger partial charge < -0.3 is 30.7 Å². The Morgan fingerprint density at radius 3 is 2.75 bits per heavy atom. The molecular weight excluding hydrogens is 579 g/mol. The number of rotatable bonds is 8. The van der Waals surface area contributed by atoms with Gasteiger partial charge >= 0.3 is 5.97 Å². The van der Waals surface area contributed by atoms with Crippen molar-refractivity contribution in [2.24, 2.45) is 5.73 Å². The van der Waals surface area contributed by atoms with Crippen molar-refractivity contribution in [1.29, 1.82) is 0 Å². The fourth-order valence-corrected chi connectivity index (χ4v) is 4.61. The maximum Gasteiger partial charge on any atom is 0.334 e. The van der Waals surface area contributed by atoms with Gasteiger partial charge in [0.15, 0.2) is 29.3 Å². The lowest BCUT2D eigenvalue weighted by Gasteiger charge is -2.17.